The van der Waals surface area contributed by atoms with Crippen LogP contribution in [-0.4, -0.2) is 6.54 Å². The third kappa shape index (κ3) is 3.44. The lowest BCUT2D eigenvalue weighted by molar-refractivity contribution is 0.612. The molecule has 0 bridgehead atoms. The maximum Gasteiger partial charge on any atom is 0.0765 e. The van der Waals surface area contributed by atoms with Gasteiger partial charge in [-0.05, 0) is 79.2 Å². The molecule has 3 rings (SSSR count). The second-order valence-electron chi connectivity index (χ2n) is 5.74. The minimum atomic E-state index is 0.371. The molecule has 2 aromatic heterocycles. The van der Waals surface area contributed by atoms with Gasteiger partial charge in [-0.25, -0.2) is 0 Å². The van der Waals surface area contributed by atoms with Crippen molar-refractivity contribution in [1.82, 2.24) is 5.32 Å². The van der Waals surface area contributed by atoms with Gasteiger partial charge < -0.3 is 5.32 Å². The molecule has 0 fully saturated rings. The molecule has 1 aliphatic carbocycles. The molecule has 2 heterocycles. The Morgan fingerprint density at radius 1 is 1.19 bits per heavy atom. The molecule has 1 nitrogen and oxygen atoms in total. The monoisotopic (exact) mass is 383 g/mol. The average Bonchev–Trinajstić information content (AvgIpc) is 3.04. The number of hydrogen-bond donors (Lipinski definition) is 1. The van der Waals surface area contributed by atoms with Crippen LogP contribution < -0.4 is 5.32 Å². The third-order valence-electron chi connectivity index (χ3n) is 4.06. The fourth-order valence-electron chi connectivity index (χ4n) is 2.91. The molecule has 1 atom stereocenters. The minimum absolute atomic E-state index is 0.371. The van der Waals surface area contributed by atoms with E-state index in [0.29, 0.717) is 6.04 Å². The standard InChI is InChI=1S/C17H22BrNS2/c1-3-8-19-17(16-10-13(18)11(2)20-16)15-9-12-6-4-5-7-14(12)21-15/h9-10,17,19H,3-8H2,1-2H3. The number of hydrogen-bond acceptors (Lipinski definition) is 3. The molecule has 0 radical (unpaired) electrons. The zero-order valence-corrected chi connectivity index (χ0v) is 15.9. The van der Waals surface area contributed by atoms with Crippen molar-refractivity contribution in [2.45, 2.75) is 52.0 Å². The Morgan fingerprint density at radius 2 is 1.95 bits per heavy atom. The van der Waals surface area contributed by atoms with E-state index in [0.717, 1.165) is 6.54 Å². The lowest BCUT2D eigenvalue weighted by Crippen LogP contribution is -2.21. The molecule has 4 heteroatoms. The second kappa shape index (κ2) is 6.95. The van der Waals surface area contributed by atoms with Crippen LogP contribution in [0.15, 0.2) is 16.6 Å². The molecule has 0 saturated carbocycles. The van der Waals surface area contributed by atoms with Crippen molar-refractivity contribution in [1.29, 1.82) is 0 Å². The van der Waals surface area contributed by atoms with Gasteiger partial charge >= 0.3 is 0 Å². The summed E-state index contributed by atoms with van der Waals surface area (Å²) in [6, 6.07) is 5.14. The number of rotatable bonds is 5. The molecule has 0 aromatic carbocycles. The van der Waals surface area contributed by atoms with Gasteiger partial charge in [0.15, 0.2) is 0 Å². The van der Waals surface area contributed by atoms with Crippen molar-refractivity contribution >= 4 is 38.6 Å². The van der Waals surface area contributed by atoms with Crippen LogP contribution in [0.5, 0.6) is 0 Å². The van der Waals surface area contributed by atoms with Gasteiger partial charge in [0.1, 0.15) is 0 Å². The van der Waals surface area contributed by atoms with Gasteiger partial charge in [0.25, 0.3) is 0 Å². The van der Waals surface area contributed by atoms with E-state index in [2.05, 4.69) is 47.2 Å². The van der Waals surface area contributed by atoms with Crippen molar-refractivity contribution < 1.29 is 0 Å². The summed E-state index contributed by atoms with van der Waals surface area (Å²) in [6.07, 6.45) is 6.46. The topological polar surface area (TPSA) is 12.0 Å². The van der Waals surface area contributed by atoms with Crippen molar-refractivity contribution in [3.8, 4) is 0 Å². The Balaban J connectivity index is 1.92. The smallest absolute Gasteiger partial charge is 0.0765 e. The third-order valence-corrected chi connectivity index (χ3v) is 7.56. The molecule has 1 aliphatic rings. The van der Waals surface area contributed by atoms with Crippen LogP contribution in [0.25, 0.3) is 0 Å². The maximum atomic E-state index is 3.75. The van der Waals surface area contributed by atoms with Crippen molar-refractivity contribution in [3.63, 3.8) is 0 Å². The molecule has 2 aromatic rings. The van der Waals surface area contributed by atoms with Crippen LogP contribution in [0, 0.1) is 6.92 Å². The van der Waals surface area contributed by atoms with E-state index >= 15 is 0 Å². The Morgan fingerprint density at radius 3 is 2.62 bits per heavy atom. The van der Waals surface area contributed by atoms with Gasteiger partial charge in [-0.1, -0.05) is 6.92 Å². The van der Waals surface area contributed by atoms with Gasteiger partial charge in [-0.2, -0.15) is 0 Å². The van der Waals surface area contributed by atoms with Crippen LogP contribution >= 0.6 is 38.6 Å². The average molecular weight is 384 g/mol. The SMILES string of the molecule is CCCNC(c1cc(Br)c(C)s1)c1cc2c(s1)CCCC2. The lowest BCUT2D eigenvalue weighted by Gasteiger charge is -2.15. The van der Waals surface area contributed by atoms with Crippen LogP contribution in [0.4, 0.5) is 0 Å². The summed E-state index contributed by atoms with van der Waals surface area (Å²) in [5, 5.41) is 3.75. The first-order valence-corrected chi connectivity index (χ1v) is 10.2. The normalized spacial score (nSPS) is 16.0. The quantitative estimate of drug-likeness (QED) is 0.682. The zero-order chi connectivity index (χ0) is 14.8. The zero-order valence-electron chi connectivity index (χ0n) is 12.7. The number of aryl methyl sites for hydroxylation is 3. The Kier molecular flexibility index (Phi) is 5.20. The van der Waals surface area contributed by atoms with Crippen molar-refractivity contribution in [2.24, 2.45) is 0 Å². The van der Waals surface area contributed by atoms with Crippen LogP contribution in [0.1, 0.15) is 57.3 Å². The molecular weight excluding hydrogens is 362 g/mol. The first-order valence-electron chi connectivity index (χ1n) is 7.79. The van der Waals surface area contributed by atoms with E-state index in [1.807, 2.05) is 22.7 Å². The molecule has 21 heavy (non-hydrogen) atoms. The summed E-state index contributed by atoms with van der Waals surface area (Å²) >= 11 is 7.61. The fraction of sp³-hybridized carbons (Fsp3) is 0.529. The lowest BCUT2D eigenvalue weighted by atomic mass is 9.98. The van der Waals surface area contributed by atoms with Gasteiger partial charge in [-0.3, -0.25) is 0 Å². The van der Waals surface area contributed by atoms with E-state index in [-0.39, 0.29) is 0 Å². The predicted octanol–water partition coefficient (Wildman–Crippen LogP) is 5.85. The van der Waals surface area contributed by atoms with Crippen LogP contribution in [0.2, 0.25) is 0 Å². The summed E-state index contributed by atoms with van der Waals surface area (Å²) in [6.45, 7) is 5.50. The highest BCUT2D eigenvalue weighted by atomic mass is 79.9. The molecule has 0 spiro atoms. The summed E-state index contributed by atoms with van der Waals surface area (Å²) in [5.74, 6) is 0. The summed E-state index contributed by atoms with van der Waals surface area (Å²) in [4.78, 5) is 5.94. The number of nitrogens with one attached hydrogen (secondary N) is 1. The Labute approximate surface area is 143 Å². The highest BCUT2D eigenvalue weighted by molar-refractivity contribution is 9.10. The van der Waals surface area contributed by atoms with Crippen molar-refractivity contribution in [2.75, 3.05) is 6.54 Å². The molecule has 114 valence electrons. The van der Waals surface area contributed by atoms with Crippen LogP contribution in [0.3, 0.4) is 0 Å². The summed E-state index contributed by atoms with van der Waals surface area (Å²) in [5.41, 5.74) is 1.61. The molecule has 1 N–H and O–H groups in total. The van der Waals surface area contributed by atoms with Gasteiger partial charge in [0.2, 0.25) is 0 Å². The highest BCUT2D eigenvalue weighted by Crippen LogP contribution is 2.39. The number of halogens is 1. The van der Waals surface area contributed by atoms with Crippen LogP contribution in [-0.2, 0) is 12.8 Å². The summed E-state index contributed by atoms with van der Waals surface area (Å²) < 4.78 is 1.24. The van der Waals surface area contributed by atoms with Gasteiger partial charge in [0, 0.05) is 24.0 Å². The number of fused-ring (bicyclic) bond motifs is 1. The van der Waals surface area contributed by atoms with Gasteiger partial charge in [0.05, 0.1) is 6.04 Å². The molecule has 0 amide bonds. The molecular formula is C17H22BrNS2. The van der Waals surface area contributed by atoms with E-state index in [9.17, 15) is 0 Å². The Hall–Kier alpha value is -0.160. The second-order valence-corrected chi connectivity index (χ2v) is 9.05. The maximum absolute atomic E-state index is 3.75. The molecule has 0 saturated heterocycles. The largest absolute Gasteiger partial charge is 0.305 e. The van der Waals surface area contributed by atoms with E-state index < -0.39 is 0 Å². The fourth-order valence-corrected chi connectivity index (χ4v) is 5.99. The van der Waals surface area contributed by atoms with Gasteiger partial charge in [-0.15, -0.1) is 22.7 Å². The first-order chi connectivity index (χ1) is 10.2. The predicted molar refractivity (Wildman–Crippen MR) is 97.9 cm³/mol. The first kappa shape index (κ1) is 15.7. The van der Waals surface area contributed by atoms with E-state index in [1.54, 1.807) is 10.4 Å². The minimum Gasteiger partial charge on any atom is -0.305 e. The highest BCUT2D eigenvalue weighted by Gasteiger charge is 2.22. The molecule has 0 aliphatic heterocycles. The van der Waals surface area contributed by atoms with E-state index in [1.165, 1.54) is 51.2 Å². The van der Waals surface area contributed by atoms with Crippen molar-refractivity contribution in [3.05, 3.63) is 41.7 Å². The Bertz CT molecular complexity index is 571. The summed E-state index contributed by atoms with van der Waals surface area (Å²) in [7, 11) is 0. The van der Waals surface area contributed by atoms with E-state index in [4.69, 9.17) is 0 Å². The molecule has 1 unspecified atom stereocenters. The number of thiophene rings is 2.